The zero-order valence-corrected chi connectivity index (χ0v) is 16.9. The Morgan fingerprint density at radius 3 is 1.96 bits per heavy atom. The molecule has 2 aromatic rings. The highest BCUT2D eigenvalue weighted by Gasteiger charge is 2.12. The molecular formula is C23H37N2+. The molecule has 0 unspecified atom stereocenters. The third-order valence-electron chi connectivity index (χ3n) is 5.10. The van der Waals surface area contributed by atoms with Crippen molar-refractivity contribution in [1.82, 2.24) is 4.57 Å². The lowest BCUT2D eigenvalue weighted by Crippen LogP contribution is -2.30. The Bertz CT molecular complexity index is 616. The lowest BCUT2D eigenvalue weighted by Gasteiger charge is -2.07. The number of aromatic nitrogens is 2. The van der Waals surface area contributed by atoms with Gasteiger partial charge in [-0.25, -0.2) is 9.13 Å². The molecule has 0 bridgehead atoms. The lowest BCUT2D eigenvalue weighted by atomic mass is 10.1. The fourth-order valence-corrected chi connectivity index (χ4v) is 3.84. The van der Waals surface area contributed by atoms with E-state index in [1.165, 1.54) is 80.2 Å². The molecule has 0 saturated carbocycles. The molecule has 1 heterocycles. The average Bonchev–Trinajstić information content (AvgIpc) is 3.01. The minimum atomic E-state index is 1.13. The van der Waals surface area contributed by atoms with Crippen LogP contribution in [0.2, 0.25) is 0 Å². The van der Waals surface area contributed by atoms with Crippen molar-refractivity contribution in [2.24, 2.45) is 0 Å². The average molecular weight is 342 g/mol. The van der Waals surface area contributed by atoms with E-state index in [9.17, 15) is 0 Å². The molecule has 0 amide bonds. The van der Waals surface area contributed by atoms with Gasteiger partial charge < -0.3 is 0 Å². The summed E-state index contributed by atoms with van der Waals surface area (Å²) in [6.45, 7) is 10.0. The van der Waals surface area contributed by atoms with Crippen molar-refractivity contribution in [2.75, 3.05) is 0 Å². The van der Waals surface area contributed by atoms with Crippen LogP contribution in [-0.4, -0.2) is 4.57 Å². The standard InChI is InChI=1S/C23H37N2/c1-5-6-7-8-9-10-11-12-13-14-24-15-16-25(19-24)23-21(3)17-20(2)18-22(23)4/h15-19H,5-14H2,1-4H3/q+1. The summed E-state index contributed by atoms with van der Waals surface area (Å²) in [5.74, 6) is 0. The summed E-state index contributed by atoms with van der Waals surface area (Å²) in [4.78, 5) is 0. The van der Waals surface area contributed by atoms with Crippen LogP contribution < -0.4 is 4.57 Å². The minimum absolute atomic E-state index is 1.13. The lowest BCUT2D eigenvalue weighted by molar-refractivity contribution is -0.696. The first kappa shape index (κ1) is 19.8. The van der Waals surface area contributed by atoms with Gasteiger partial charge in [0.25, 0.3) is 0 Å². The summed E-state index contributed by atoms with van der Waals surface area (Å²) in [7, 11) is 0. The fraction of sp³-hybridized carbons (Fsp3) is 0.609. The maximum absolute atomic E-state index is 2.33. The molecule has 1 aromatic heterocycles. The summed E-state index contributed by atoms with van der Waals surface area (Å²) in [5, 5.41) is 0. The van der Waals surface area contributed by atoms with Crippen LogP contribution in [0.15, 0.2) is 30.9 Å². The van der Waals surface area contributed by atoms with Crippen LogP contribution in [0.4, 0.5) is 0 Å². The number of rotatable bonds is 11. The molecule has 0 aliphatic rings. The zero-order chi connectivity index (χ0) is 18.1. The molecule has 0 radical (unpaired) electrons. The Morgan fingerprint density at radius 1 is 0.800 bits per heavy atom. The van der Waals surface area contributed by atoms with Gasteiger partial charge in [-0.3, -0.25) is 0 Å². The first-order valence-electron chi connectivity index (χ1n) is 10.3. The van der Waals surface area contributed by atoms with Gasteiger partial charge >= 0.3 is 0 Å². The van der Waals surface area contributed by atoms with Crippen molar-refractivity contribution in [3.05, 3.63) is 47.5 Å². The second kappa shape index (κ2) is 10.4. The normalized spacial score (nSPS) is 11.2. The van der Waals surface area contributed by atoms with Gasteiger partial charge in [-0.2, -0.15) is 0 Å². The van der Waals surface area contributed by atoms with Crippen LogP contribution in [0.1, 0.15) is 81.4 Å². The van der Waals surface area contributed by atoms with Gasteiger partial charge in [-0.15, -0.1) is 0 Å². The quantitative estimate of drug-likeness (QED) is 0.339. The predicted molar refractivity (Wildman–Crippen MR) is 107 cm³/mol. The third-order valence-corrected chi connectivity index (χ3v) is 5.10. The highest BCUT2D eigenvalue weighted by molar-refractivity contribution is 5.48. The van der Waals surface area contributed by atoms with Crippen LogP contribution in [0.3, 0.4) is 0 Å². The highest BCUT2D eigenvalue weighted by Crippen LogP contribution is 2.20. The van der Waals surface area contributed by atoms with Gasteiger partial charge in [-0.1, -0.05) is 69.6 Å². The third kappa shape index (κ3) is 6.34. The van der Waals surface area contributed by atoms with Gasteiger partial charge in [0, 0.05) is 0 Å². The summed E-state index contributed by atoms with van der Waals surface area (Å²) in [6.07, 6.45) is 19.1. The van der Waals surface area contributed by atoms with Crippen molar-refractivity contribution >= 4 is 0 Å². The summed E-state index contributed by atoms with van der Waals surface area (Å²) in [6, 6.07) is 4.54. The molecule has 0 N–H and O–H groups in total. The van der Waals surface area contributed by atoms with E-state index in [4.69, 9.17) is 0 Å². The van der Waals surface area contributed by atoms with Crippen molar-refractivity contribution in [3.8, 4) is 5.69 Å². The fourth-order valence-electron chi connectivity index (χ4n) is 3.84. The number of hydrogen-bond acceptors (Lipinski definition) is 0. The van der Waals surface area contributed by atoms with Crippen LogP contribution in [-0.2, 0) is 6.54 Å². The first-order valence-corrected chi connectivity index (χ1v) is 10.3. The maximum atomic E-state index is 2.33. The number of hydrogen-bond donors (Lipinski definition) is 0. The molecule has 2 nitrogen and oxygen atoms in total. The monoisotopic (exact) mass is 341 g/mol. The van der Waals surface area contributed by atoms with Crippen LogP contribution in [0.5, 0.6) is 0 Å². The number of benzene rings is 1. The maximum Gasteiger partial charge on any atom is 0.248 e. The van der Waals surface area contributed by atoms with E-state index in [1.54, 1.807) is 0 Å². The second-order valence-corrected chi connectivity index (χ2v) is 7.63. The van der Waals surface area contributed by atoms with Crippen LogP contribution in [0, 0.1) is 20.8 Å². The number of imidazole rings is 1. The van der Waals surface area contributed by atoms with E-state index in [-0.39, 0.29) is 0 Å². The van der Waals surface area contributed by atoms with Crippen LogP contribution >= 0.6 is 0 Å². The molecule has 138 valence electrons. The molecule has 0 fully saturated rings. The van der Waals surface area contributed by atoms with Gasteiger partial charge in [0.2, 0.25) is 6.33 Å². The Morgan fingerprint density at radius 2 is 1.36 bits per heavy atom. The number of aryl methyl sites for hydroxylation is 4. The van der Waals surface area contributed by atoms with Crippen LogP contribution in [0.25, 0.3) is 5.69 Å². The van der Waals surface area contributed by atoms with Gasteiger partial charge in [0.1, 0.15) is 18.1 Å². The Kier molecular flexibility index (Phi) is 8.24. The van der Waals surface area contributed by atoms with Crippen molar-refractivity contribution in [2.45, 2.75) is 92.0 Å². The van der Waals surface area contributed by atoms with Crippen molar-refractivity contribution in [3.63, 3.8) is 0 Å². The van der Waals surface area contributed by atoms with E-state index < -0.39 is 0 Å². The smallest absolute Gasteiger partial charge is 0.236 e. The van der Waals surface area contributed by atoms with E-state index in [0.29, 0.717) is 0 Å². The van der Waals surface area contributed by atoms with E-state index in [2.05, 4.69) is 67.7 Å². The van der Waals surface area contributed by atoms with Gasteiger partial charge in [0.05, 0.1) is 6.54 Å². The molecule has 0 atom stereocenters. The van der Waals surface area contributed by atoms with Gasteiger partial charge in [0.15, 0.2) is 0 Å². The first-order chi connectivity index (χ1) is 12.1. The Hall–Kier alpha value is -1.57. The molecule has 1 aromatic carbocycles. The molecule has 2 rings (SSSR count). The summed E-state index contributed by atoms with van der Waals surface area (Å²) in [5.41, 5.74) is 5.37. The molecule has 0 aliphatic carbocycles. The SMILES string of the molecule is CCCCCCCCCCC[n+]1ccn(-c2c(C)cc(C)cc2C)c1. The van der Waals surface area contributed by atoms with E-state index >= 15 is 0 Å². The van der Waals surface area contributed by atoms with Gasteiger partial charge in [-0.05, 0) is 44.7 Å². The largest absolute Gasteiger partial charge is 0.248 e. The summed E-state index contributed by atoms with van der Waals surface area (Å²) < 4.78 is 4.61. The van der Waals surface area contributed by atoms with E-state index in [1.807, 2.05) is 0 Å². The zero-order valence-electron chi connectivity index (χ0n) is 16.9. The molecule has 0 aliphatic heterocycles. The predicted octanol–water partition coefficient (Wildman–Crippen LogP) is 6.22. The minimum Gasteiger partial charge on any atom is -0.236 e. The Balaban J connectivity index is 1.74. The molecule has 0 saturated heterocycles. The molecule has 2 heteroatoms. The second-order valence-electron chi connectivity index (χ2n) is 7.63. The summed E-state index contributed by atoms with van der Waals surface area (Å²) >= 11 is 0. The number of unbranched alkanes of at least 4 members (excludes halogenated alkanes) is 8. The molecule has 0 spiro atoms. The topological polar surface area (TPSA) is 8.81 Å². The highest BCUT2D eigenvalue weighted by atomic mass is 15.1. The molecular weight excluding hydrogens is 304 g/mol. The van der Waals surface area contributed by atoms with Crippen molar-refractivity contribution in [1.29, 1.82) is 0 Å². The number of nitrogens with zero attached hydrogens (tertiary/aromatic N) is 2. The van der Waals surface area contributed by atoms with E-state index in [0.717, 1.165) is 6.54 Å². The van der Waals surface area contributed by atoms with Crippen molar-refractivity contribution < 1.29 is 4.57 Å². The Labute approximate surface area is 154 Å². The molecule has 25 heavy (non-hydrogen) atoms.